The van der Waals surface area contributed by atoms with Gasteiger partial charge in [0.1, 0.15) is 5.69 Å². The van der Waals surface area contributed by atoms with Crippen LogP contribution in [-0.4, -0.2) is 9.91 Å². The number of nitrogens with one attached hydrogen (secondary N) is 1. The van der Waals surface area contributed by atoms with Crippen LogP contribution in [0, 0.1) is 10.1 Å². The summed E-state index contributed by atoms with van der Waals surface area (Å²) < 4.78 is 0. The summed E-state index contributed by atoms with van der Waals surface area (Å²) in [6, 6.07) is 2.97. The highest BCUT2D eigenvalue weighted by molar-refractivity contribution is 5.47. The molecular formula is C6H7N3O2. The molecule has 5 heteroatoms. The van der Waals surface area contributed by atoms with Crippen molar-refractivity contribution < 1.29 is 4.92 Å². The van der Waals surface area contributed by atoms with Crippen molar-refractivity contribution in [1.82, 2.24) is 4.98 Å². The largest absolute Gasteiger partial charge is 0.404 e. The van der Waals surface area contributed by atoms with E-state index in [-0.39, 0.29) is 5.82 Å². The Hall–Kier alpha value is -1.78. The number of aromatic nitrogens is 1. The van der Waals surface area contributed by atoms with Gasteiger partial charge in [0.05, 0.1) is 0 Å². The number of hydrogen-bond acceptors (Lipinski definition) is 3. The van der Waals surface area contributed by atoms with Crippen molar-refractivity contribution >= 4 is 11.9 Å². The summed E-state index contributed by atoms with van der Waals surface area (Å²) in [5.74, 6) is -0.0295. The van der Waals surface area contributed by atoms with Gasteiger partial charge in [-0.25, -0.2) is 4.98 Å². The number of rotatable bonds is 2. The second-order valence-corrected chi connectivity index (χ2v) is 1.92. The molecule has 11 heavy (non-hydrogen) atoms. The topological polar surface area (TPSA) is 84.9 Å². The standard InChI is InChI=1S/C6H7N3O2/c7-4-3-5-1-2-6(8-5)9(10)11/h1-4,8H,7H2/b4-3+. The van der Waals surface area contributed by atoms with Crippen molar-refractivity contribution in [3.05, 3.63) is 34.1 Å². The van der Waals surface area contributed by atoms with E-state index in [1.54, 1.807) is 12.1 Å². The fraction of sp³-hybridized carbons (Fsp3) is 0. The Kier molecular flexibility index (Phi) is 1.91. The molecule has 1 aromatic heterocycles. The summed E-state index contributed by atoms with van der Waals surface area (Å²) in [5.41, 5.74) is 5.70. The molecule has 1 rings (SSSR count). The van der Waals surface area contributed by atoms with Crippen LogP contribution in [0.15, 0.2) is 18.3 Å². The van der Waals surface area contributed by atoms with Gasteiger partial charge in [0.25, 0.3) is 0 Å². The van der Waals surface area contributed by atoms with E-state index in [0.717, 1.165) is 0 Å². The van der Waals surface area contributed by atoms with Gasteiger partial charge in [0, 0.05) is 12.1 Å². The lowest BCUT2D eigenvalue weighted by Gasteiger charge is -1.85. The Morgan fingerprint density at radius 2 is 2.36 bits per heavy atom. The first-order chi connectivity index (χ1) is 5.24. The smallest absolute Gasteiger partial charge is 0.321 e. The predicted octanol–water partition coefficient (Wildman–Crippen LogP) is 0.852. The zero-order valence-corrected chi connectivity index (χ0v) is 5.65. The summed E-state index contributed by atoms with van der Waals surface area (Å²) >= 11 is 0. The third kappa shape index (κ3) is 1.57. The normalized spacial score (nSPS) is 10.5. The van der Waals surface area contributed by atoms with E-state index in [1.807, 2.05) is 0 Å². The molecule has 0 saturated carbocycles. The molecule has 0 saturated heterocycles. The number of nitrogens with two attached hydrogens (primary N) is 1. The average Bonchev–Trinajstić information content (AvgIpc) is 2.37. The summed E-state index contributed by atoms with van der Waals surface area (Å²) in [6.07, 6.45) is 2.86. The van der Waals surface area contributed by atoms with Crippen LogP contribution in [0.5, 0.6) is 0 Å². The number of aromatic amines is 1. The van der Waals surface area contributed by atoms with Crippen molar-refractivity contribution in [2.75, 3.05) is 0 Å². The molecule has 0 radical (unpaired) electrons. The van der Waals surface area contributed by atoms with Crippen molar-refractivity contribution in [2.45, 2.75) is 0 Å². The molecule has 58 valence electrons. The molecule has 0 aliphatic carbocycles. The lowest BCUT2D eigenvalue weighted by Crippen LogP contribution is -1.86. The van der Waals surface area contributed by atoms with Crippen molar-refractivity contribution in [3.63, 3.8) is 0 Å². The molecule has 0 atom stereocenters. The Morgan fingerprint density at radius 3 is 2.82 bits per heavy atom. The number of hydrogen-bond donors (Lipinski definition) is 2. The van der Waals surface area contributed by atoms with Gasteiger partial charge >= 0.3 is 5.82 Å². The minimum absolute atomic E-state index is 0.0295. The fourth-order valence-electron chi connectivity index (χ4n) is 0.707. The molecule has 0 aliphatic rings. The number of H-pyrrole nitrogens is 1. The molecule has 0 spiro atoms. The van der Waals surface area contributed by atoms with Crippen LogP contribution in [-0.2, 0) is 0 Å². The molecule has 0 fully saturated rings. The van der Waals surface area contributed by atoms with Crippen LogP contribution in [0.3, 0.4) is 0 Å². The average molecular weight is 153 g/mol. The zero-order valence-electron chi connectivity index (χ0n) is 5.65. The van der Waals surface area contributed by atoms with E-state index < -0.39 is 4.92 Å². The Balaban J connectivity index is 2.90. The maximum absolute atomic E-state index is 10.1. The highest BCUT2D eigenvalue weighted by atomic mass is 16.6. The molecular weight excluding hydrogens is 146 g/mol. The third-order valence-electron chi connectivity index (χ3n) is 1.17. The van der Waals surface area contributed by atoms with Gasteiger partial charge < -0.3 is 15.8 Å². The first-order valence-electron chi connectivity index (χ1n) is 2.95. The van der Waals surface area contributed by atoms with Crippen LogP contribution in [0.1, 0.15) is 5.69 Å². The summed E-state index contributed by atoms with van der Waals surface area (Å²) in [6.45, 7) is 0. The minimum Gasteiger partial charge on any atom is -0.404 e. The quantitative estimate of drug-likeness (QED) is 0.488. The Bertz CT molecular complexity index is 290. The lowest BCUT2D eigenvalue weighted by molar-refractivity contribution is -0.389. The zero-order chi connectivity index (χ0) is 8.27. The van der Waals surface area contributed by atoms with Gasteiger partial charge in [-0.2, -0.15) is 0 Å². The van der Waals surface area contributed by atoms with Crippen molar-refractivity contribution in [2.24, 2.45) is 5.73 Å². The summed E-state index contributed by atoms with van der Waals surface area (Å²) in [7, 11) is 0. The van der Waals surface area contributed by atoms with E-state index in [4.69, 9.17) is 5.73 Å². The highest BCUT2D eigenvalue weighted by Gasteiger charge is 2.04. The van der Waals surface area contributed by atoms with E-state index in [0.29, 0.717) is 5.69 Å². The summed E-state index contributed by atoms with van der Waals surface area (Å²) in [4.78, 5) is 12.2. The number of nitro groups is 1. The molecule has 5 nitrogen and oxygen atoms in total. The highest BCUT2D eigenvalue weighted by Crippen LogP contribution is 2.10. The van der Waals surface area contributed by atoms with Crippen molar-refractivity contribution in [1.29, 1.82) is 0 Å². The van der Waals surface area contributed by atoms with Crippen LogP contribution >= 0.6 is 0 Å². The van der Waals surface area contributed by atoms with E-state index in [1.165, 1.54) is 12.3 Å². The predicted molar refractivity (Wildman–Crippen MR) is 40.7 cm³/mol. The van der Waals surface area contributed by atoms with Gasteiger partial charge in [-0.15, -0.1) is 0 Å². The molecule has 0 bridgehead atoms. The first kappa shape index (κ1) is 7.33. The van der Waals surface area contributed by atoms with Crippen molar-refractivity contribution in [3.8, 4) is 0 Å². The Morgan fingerprint density at radius 1 is 1.64 bits per heavy atom. The molecule has 1 aromatic rings. The second kappa shape index (κ2) is 2.87. The van der Waals surface area contributed by atoms with Gasteiger partial charge in [-0.3, -0.25) is 0 Å². The van der Waals surface area contributed by atoms with Crippen LogP contribution in [0.4, 0.5) is 5.82 Å². The van der Waals surface area contributed by atoms with E-state index in [2.05, 4.69) is 4.98 Å². The van der Waals surface area contributed by atoms with Gasteiger partial charge in [-0.1, -0.05) is 0 Å². The third-order valence-corrected chi connectivity index (χ3v) is 1.17. The molecule has 3 N–H and O–H groups in total. The fourth-order valence-corrected chi connectivity index (χ4v) is 0.707. The maximum atomic E-state index is 10.1. The molecule has 0 aliphatic heterocycles. The monoisotopic (exact) mass is 153 g/mol. The van der Waals surface area contributed by atoms with Gasteiger partial charge in [0.2, 0.25) is 0 Å². The number of nitrogens with zero attached hydrogens (tertiary/aromatic N) is 1. The molecule has 1 heterocycles. The van der Waals surface area contributed by atoms with Crippen LogP contribution in [0.25, 0.3) is 6.08 Å². The molecule has 0 aromatic carbocycles. The SMILES string of the molecule is N/C=C/c1ccc([N+](=O)[O-])[nH]1. The first-order valence-corrected chi connectivity index (χ1v) is 2.95. The molecule has 0 unspecified atom stereocenters. The van der Waals surface area contributed by atoms with Gasteiger partial charge in [-0.05, 0) is 17.2 Å². The minimum atomic E-state index is -0.492. The Labute approximate surface area is 62.7 Å². The van der Waals surface area contributed by atoms with Crippen LogP contribution in [0.2, 0.25) is 0 Å². The van der Waals surface area contributed by atoms with Gasteiger partial charge in [0.15, 0.2) is 0 Å². The summed E-state index contributed by atoms with van der Waals surface area (Å²) in [5, 5.41) is 10.1. The lowest BCUT2D eigenvalue weighted by atomic mass is 10.4. The van der Waals surface area contributed by atoms with Crippen LogP contribution < -0.4 is 5.73 Å². The maximum Gasteiger partial charge on any atom is 0.321 e. The second-order valence-electron chi connectivity index (χ2n) is 1.92. The molecule has 0 amide bonds. The van der Waals surface area contributed by atoms with E-state index >= 15 is 0 Å². The van der Waals surface area contributed by atoms with E-state index in [9.17, 15) is 10.1 Å².